The molecule has 0 amide bonds. The van der Waals surface area contributed by atoms with E-state index in [0.717, 1.165) is 12.1 Å². The summed E-state index contributed by atoms with van der Waals surface area (Å²) in [5, 5.41) is 12.5. The molecule has 1 aromatic rings. The van der Waals surface area contributed by atoms with Crippen LogP contribution < -0.4 is 5.32 Å². The molecule has 0 aliphatic rings. The van der Waals surface area contributed by atoms with Crippen LogP contribution in [-0.4, -0.2) is 10.6 Å². The number of nitrogens with one attached hydrogen (secondary N) is 1. The molecule has 1 aromatic carbocycles. The molecule has 0 aliphatic carbocycles. The van der Waals surface area contributed by atoms with Gasteiger partial charge in [-0.1, -0.05) is 24.3 Å². The molecule has 0 radical (unpaired) electrons. The minimum atomic E-state index is 0.113. The van der Waals surface area contributed by atoms with E-state index in [9.17, 15) is 0 Å². The average molecular weight is 193 g/mol. The molecular formula is C12H19NO. The van der Waals surface area contributed by atoms with Crippen molar-refractivity contribution in [2.75, 3.05) is 0 Å². The Morgan fingerprint density at radius 2 is 1.71 bits per heavy atom. The Balaban J connectivity index is 2.67. The van der Waals surface area contributed by atoms with Crippen LogP contribution in [0.1, 0.15) is 31.9 Å². The van der Waals surface area contributed by atoms with Crippen LogP contribution in [0.4, 0.5) is 0 Å². The summed E-state index contributed by atoms with van der Waals surface area (Å²) in [7, 11) is 0. The van der Waals surface area contributed by atoms with Gasteiger partial charge >= 0.3 is 0 Å². The highest BCUT2D eigenvalue weighted by Crippen LogP contribution is 2.10. The molecule has 0 atom stereocenters. The lowest BCUT2D eigenvalue weighted by molar-refractivity contribution is 0.279. The Kier molecular flexibility index (Phi) is 3.67. The largest absolute Gasteiger partial charge is 0.392 e. The SMILES string of the molecule is CC(C)(C)NCc1ccccc1CO. The van der Waals surface area contributed by atoms with Gasteiger partial charge in [-0.05, 0) is 31.9 Å². The highest BCUT2D eigenvalue weighted by atomic mass is 16.3. The van der Waals surface area contributed by atoms with E-state index < -0.39 is 0 Å². The molecular weight excluding hydrogens is 174 g/mol. The van der Waals surface area contributed by atoms with Gasteiger partial charge < -0.3 is 10.4 Å². The Labute approximate surface area is 86.0 Å². The third-order valence-electron chi connectivity index (χ3n) is 2.10. The summed E-state index contributed by atoms with van der Waals surface area (Å²) in [6, 6.07) is 7.95. The zero-order valence-electron chi connectivity index (χ0n) is 9.17. The minimum Gasteiger partial charge on any atom is -0.392 e. The van der Waals surface area contributed by atoms with Crippen LogP contribution in [0.2, 0.25) is 0 Å². The first-order valence-corrected chi connectivity index (χ1v) is 4.95. The highest BCUT2D eigenvalue weighted by Gasteiger charge is 2.09. The van der Waals surface area contributed by atoms with Crippen LogP contribution in [0.15, 0.2) is 24.3 Å². The lowest BCUT2D eigenvalue weighted by Crippen LogP contribution is -2.35. The fraction of sp³-hybridized carbons (Fsp3) is 0.500. The second-order valence-electron chi connectivity index (χ2n) is 4.53. The van der Waals surface area contributed by atoms with Crippen molar-refractivity contribution in [2.45, 2.75) is 39.5 Å². The third-order valence-corrected chi connectivity index (χ3v) is 2.10. The van der Waals surface area contributed by atoms with Crippen LogP contribution in [0, 0.1) is 0 Å². The molecule has 14 heavy (non-hydrogen) atoms. The van der Waals surface area contributed by atoms with E-state index in [1.807, 2.05) is 24.3 Å². The second kappa shape index (κ2) is 4.58. The van der Waals surface area contributed by atoms with E-state index in [2.05, 4.69) is 26.1 Å². The number of benzene rings is 1. The zero-order chi connectivity index (χ0) is 10.6. The number of aliphatic hydroxyl groups is 1. The third kappa shape index (κ3) is 3.48. The first-order valence-electron chi connectivity index (χ1n) is 4.95. The van der Waals surface area contributed by atoms with Gasteiger partial charge in [-0.25, -0.2) is 0 Å². The van der Waals surface area contributed by atoms with Crippen LogP contribution >= 0.6 is 0 Å². The summed E-state index contributed by atoms with van der Waals surface area (Å²) in [4.78, 5) is 0. The summed E-state index contributed by atoms with van der Waals surface area (Å²) in [5.74, 6) is 0. The van der Waals surface area contributed by atoms with Crippen molar-refractivity contribution in [3.63, 3.8) is 0 Å². The quantitative estimate of drug-likeness (QED) is 0.770. The molecule has 0 aliphatic heterocycles. The summed E-state index contributed by atoms with van der Waals surface area (Å²) >= 11 is 0. The lowest BCUT2D eigenvalue weighted by Gasteiger charge is -2.21. The van der Waals surface area contributed by atoms with Gasteiger partial charge in [0.1, 0.15) is 0 Å². The normalized spacial score (nSPS) is 11.7. The van der Waals surface area contributed by atoms with Gasteiger partial charge in [-0.15, -0.1) is 0 Å². The molecule has 2 nitrogen and oxygen atoms in total. The van der Waals surface area contributed by atoms with Crippen molar-refractivity contribution in [3.8, 4) is 0 Å². The minimum absolute atomic E-state index is 0.113. The lowest BCUT2D eigenvalue weighted by atomic mass is 10.1. The van der Waals surface area contributed by atoms with Gasteiger partial charge in [0.05, 0.1) is 6.61 Å². The van der Waals surface area contributed by atoms with E-state index in [1.165, 1.54) is 5.56 Å². The van der Waals surface area contributed by atoms with E-state index >= 15 is 0 Å². The maximum absolute atomic E-state index is 9.12. The molecule has 0 spiro atoms. The number of aliphatic hydroxyl groups excluding tert-OH is 1. The number of hydrogen-bond acceptors (Lipinski definition) is 2. The average Bonchev–Trinajstić information content (AvgIpc) is 2.14. The van der Waals surface area contributed by atoms with E-state index in [0.29, 0.717) is 0 Å². The van der Waals surface area contributed by atoms with Gasteiger partial charge in [0.2, 0.25) is 0 Å². The fourth-order valence-electron chi connectivity index (χ4n) is 1.24. The van der Waals surface area contributed by atoms with Crippen molar-refractivity contribution < 1.29 is 5.11 Å². The van der Waals surface area contributed by atoms with Crippen LogP contribution in [0.3, 0.4) is 0 Å². The Bertz CT molecular complexity index is 289. The smallest absolute Gasteiger partial charge is 0.0685 e. The van der Waals surface area contributed by atoms with Crippen LogP contribution in [0.5, 0.6) is 0 Å². The maximum Gasteiger partial charge on any atom is 0.0685 e. The Hall–Kier alpha value is -0.860. The molecule has 0 aromatic heterocycles. The zero-order valence-corrected chi connectivity index (χ0v) is 9.17. The van der Waals surface area contributed by atoms with Gasteiger partial charge in [0.15, 0.2) is 0 Å². The molecule has 78 valence electrons. The molecule has 0 saturated carbocycles. The number of hydrogen-bond donors (Lipinski definition) is 2. The monoisotopic (exact) mass is 193 g/mol. The fourth-order valence-corrected chi connectivity index (χ4v) is 1.24. The summed E-state index contributed by atoms with van der Waals surface area (Å²) < 4.78 is 0. The highest BCUT2D eigenvalue weighted by molar-refractivity contribution is 5.26. The first-order chi connectivity index (χ1) is 6.53. The van der Waals surface area contributed by atoms with Gasteiger partial charge in [0, 0.05) is 12.1 Å². The van der Waals surface area contributed by atoms with E-state index in [-0.39, 0.29) is 12.1 Å². The van der Waals surface area contributed by atoms with Crippen LogP contribution in [-0.2, 0) is 13.2 Å². The number of rotatable bonds is 3. The Morgan fingerprint density at radius 1 is 1.14 bits per heavy atom. The molecule has 0 saturated heterocycles. The van der Waals surface area contributed by atoms with E-state index in [4.69, 9.17) is 5.11 Å². The van der Waals surface area contributed by atoms with Crippen molar-refractivity contribution >= 4 is 0 Å². The standard InChI is InChI=1S/C12H19NO/c1-12(2,3)13-8-10-6-4-5-7-11(10)9-14/h4-7,13-14H,8-9H2,1-3H3. The Morgan fingerprint density at radius 3 is 2.21 bits per heavy atom. The van der Waals surface area contributed by atoms with Crippen molar-refractivity contribution in [3.05, 3.63) is 35.4 Å². The molecule has 0 bridgehead atoms. The van der Waals surface area contributed by atoms with Crippen LogP contribution in [0.25, 0.3) is 0 Å². The second-order valence-corrected chi connectivity index (χ2v) is 4.53. The molecule has 1 rings (SSSR count). The summed E-state index contributed by atoms with van der Waals surface area (Å²) in [6.45, 7) is 7.32. The van der Waals surface area contributed by atoms with Crippen molar-refractivity contribution in [2.24, 2.45) is 0 Å². The van der Waals surface area contributed by atoms with Crippen molar-refractivity contribution in [1.82, 2.24) is 5.32 Å². The predicted octanol–water partition coefficient (Wildman–Crippen LogP) is 2.07. The summed E-state index contributed by atoms with van der Waals surface area (Å²) in [6.07, 6.45) is 0. The van der Waals surface area contributed by atoms with Gasteiger partial charge in [0.25, 0.3) is 0 Å². The topological polar surface area (TPSA) is 32.3 Å². The summed E-state index contributed by atoms with van der Waals surface area (Å²) in [5.41, 5.74) is 2.29. The predicted molar refractivity (Wildman–Crippen MR) is 59.0 cm³/mol. The molecule has 0 unspecified atom stereocenters. The van der Waals surface area contributed by atoms with Gasteiger partial charge in [-0.3, -0.25) is 0 Å². The maximum atomic E-state index is 9.12. The van der Waals surface area contributed by atoms with Crippen molar-refractivity contribution in [1.29, 1.82) is 0 Å². The molecule has 2 N–H and O–H groups in total. The molecule has 2 heteroatoms. The first kappa shape index (κ1) is 11.2. The van der Waals surface area contributed by atoms with E-state index in [1.54, 1.807) is 0 Å². The molecule has 0 fully saturated rings. The molecule has 0 heterocycles. The van der Waals surface area contributed by atoms with Gasteiger partial charge in [-0.2, -0.15) is 0 Å².